The molecule has 2 fully saturated rings. The third-order valence-electron chi connectivity index (χ3n) is 6.91. The van der Waals surface area contributed by atoms with Crippen molar-refractivity contribution in [2.24, 2.45) is 16.7 Å². The molecular weight excluding hydrogens is 340 g/mol. The van der Waals surface area contributed by atoms with E-state index in [-0.39, 0.29) is 16.6 Å². The van der Waals surface area contributed by atoms with Crippen LogP contribution in [0.4, 0.5) is 0 Å². The van der Waals surface area contributed by atoms with Crippen molar-refractivity contribution in [3.63, 3.8) is 0 Å². The highest BCUT2D eigenvalue weighted by Crippen LogP contribution is 2.71. The Bertz CT molecular complexity index is 501. The van der Waals surface area contributed by atoms with Crippen LogP contribution in [-0.2, 0) is 9.22 Å². The first-order valence-electron chi connectivity index (χ1n) is 9.39. The van der Waals surface area contributed by atoms with Gasteiger partial charge in [0.05, 0.1) is 6.10 Å². The maximum Gasteiger partial charge on any atom is 0.185 e. The molecule has 0 aromatic heterocycles. The monoisotopic (exact) mass is 374 g/mol. The van der Waals surface area contributed by atoms with E-state index >= 15 is 0 Å². The van der Waals surface area contributed by atoms with Crippen LogP contribution >= 0.6 is 11.6 Å². The molecule has 140 valence electrons. The summed E-state index contributed by atoms with van der Waals surface area (Å²) < 4.78 is 6.66. The fraction of sp³-hybridized carbons (Fsp3) is 0.947. The largest absolute Gasteiger partial charge is 0.404 e. The molecule has 24 heavy (non-hydrogen) atoms. The molecule has 0 heterocycles. The molecule has 0 unspecified atom stereocenters. The second kappa shape index (κ2) is 6.36. The van der Waals surface area contributed by atoms with E-state index in [9.17, 15) is 9.90 Å². The van der Waals surface area contributed by atoms with Gasteiger partial charge in [-0.15, -0.1) is 11.6 Å². The number of ketones is 1. The number of carbonyl (C=O) groups is 1. The number of carbonyl (C=O) groups excluding carboxylic acids is 1. The van der Waals surface area contributed by atoms with E-state index in [4.69, 9.17) is 16.0 Å². The van der Waals surface area contributed by atoms with E-state index in [0.29, 0.717) is 12.3 Å². The first-order valence-corrected chi connectivity index (χ1v) is 13.2. The molecule has 2 rings (SSSR count). The Kier molecular flexibility index (Phi) is 5.41. The lowest BCUT2D eigenvalue weighted by Gasteiger charge is -2.51. The summed E-state index contributed by atoms with van der Waals surface area (Å²) in [4.78, 5) is 13.5. The highest BCUT2D eigenvalue weighted by Gasteiger charge is 2.73. The lowest BCUT2D eigenvalue weighted by molar-refractivity contribution is -0.153. The number of aliphatic hydroxyl groups excluding tert-OH is 1. The van der Waals surface area contributed by atoms with Gasteiger partial charge in [-0.2, -0.15) is 0 Å². The van der Waals surface area contributed by atoms with Gasteiger partial charge in [0.25, 0.3) is 0 Å². The molecule has 0 spiro atoms. The van der Waals surface area contributed by atoms with E-state index in [1.54, 1.807) is 0 Å². The highest BCUT2D eigenvalue weighted by atomic mass is 35.5. The standard InChI is InChI=1S/C19H35ClO3Si/c1-8-9-14(21)15(20)16(22)19(23-24(5,6)7)12-13-10-11-18(19,4)17(13,2)3/h13-15,21H,8-12H2,1-7H3/t13-,14+,15-,18-,19+/m1/s1. The van der Waals surface area contributed by atoms with Crippen LogP contribution in [0.3, 0.4) is 0 Å². The molecule has 2 bridgehead atoms. The molecule has 0 aliphatic heterocycles. The zero-order valence-electron chi connectivity index (χ0n) is 16.4. The minimum absolute atomic E-state index is 0.0502. The Morgan fingerprint density at radius 3 is 2.29 bits per heavy atom. The van der Waals surface area contributed by atoms with Gasteiger partial charge in [0.1, 0.15) is 11.0 Å². The molecule has 2 saturated carbocycles. The van der Waals surface area contributed by atoms with E-state index in [2.05, 4.69) is 40.4 Å². The van der Waals surface area contributed by atoms with Crippen LogP contribution in [0.2, 0.25) is 19.6 Å². The van der Waals surface area contributed by atoms with Gasteiger partial charge in [-0.3, -0.25) is 4.79 Å². The van der Waals surface area contributed by atoms with Gasteiger partial charge in [0.2, 0.25) is 0 Å². The van der Waals surface area contributed by atoms with Crippen molar-refractivity contribution in [2.45, 2.75) is 96.5 Å². The molecule has 5 heteroatoms. The van der Waals surface area contributed by atoms with Crippen molar-refractivity contribution in [3.8, 4) is 0 Å². The summed E-state index contributed by atoms with van der Waals surface area (Å²) in [5, 5.41) is 9.47. The highest BCUT2D eigenvalue weighted by molar-refractivity contribution is 6.70. The number of hydrogen-bond donors (Lipinski definition) is 1. The minimum atomic E-state index is -1.96. The molecule has 0 radical (unpaired) electrons. The minimum Gasteiger partial charge on any atom is -0.404 e. The average Bonchev–Trinajstić information content (AvgIpc) is 2.76. The van der Waals surface area contributed by atoms with Crippen LogP contribution < -0.4 is 0 Å². The lowest BCUT2D eigenvalue weighted by atomic mass is 9.62. The van der Waals surface area contributed by atoms with Gasteiger partial charge < -0.3 is 9.53 Å². The van der Waals surface area contributed by atoms with Gasteiger partial charge in [-0.05, 0) is 56.7 Å². The smallest absolute Gasteiger partial charge is 0.185 e. The van der Waals surface area contributed by atoms with Crippen LogP contribution in [0.25, 0.3) is 0 Å². The summed E-state index contributed by atoms with van der Waals surface area (Å²) in [5.41, 5.74) is -1.01. The number of hydrogen-bond acceptors (Lipinski definition) is 3. The second-order valence-corrected chi connectivity index (χ2v) is 14.6. The lowest BCUT2D eigenvalue weighted by Crippen LogP contribution is -2.61. The molecule has 0 aromatic carbocycles. The summed E-state index contributed by atoms with van der Waals surface area (Å²) in [5.74, 6) is 0.403. The predicted molar refractivity (Wildman–Crippen MR) is 102 cm³/mol. The third kappa shape index (κ3) is 2.91. The molecule has 2 aliphatic rings. The third-order valence-corrected chi connectivity index (χ3v) is 8.36. The Morgan fingerprint density at radius 1 is 1.33 bits per heavy atom. The average molecular weight is 375 g/mol. The van der Waals surface area contributed by atoms with Crippen LogP contribution in [0.5, 0.6) is 0 Å². The Hall–Kier alpha value is 0.0969. The first-order chi connectivity index (χ1) is 10.8. The van der Waals surface area contributed by atoms with E-state index in [1.165, 1.54) is 0 Å². The quantitative estimate of drug-likeness (QED) is 0.516. The Labute approximate surface area is 153 Å². The summed E-state index contributed by atoms with van der Waals surface area (Å²) in [6.07, 6.45) is 3.46. The van der Waals surface area contributed by atoms with E-state index in [0.717, 1.165) is 25.7 Å². The summed E-state index contributed by atoms with van der Waals surface area (Å²) in [6.45, 7) is 15.2. The number of fused-ring (bicyclic) bond motifs is 2. The molecule has 1 N–H and O–H groups in total. The molecule has 3 nitrogen and oxygen atoms in total. The SMILES string of the molecule is CCC[C@H](O)[C@@H](Cl)C(=O)[C@@]1(O[Si](C)(C)C)C[C@H]2CC[C@]1(C)C2(C)C. The molecule has 0 amide bonds. The Balaban J connectivity index is 2.46. The van der Waals surface area contributed by atoms with Gasteiger partial charge in [-0.1, -0.05) is 34.1 Å². The number of Topliss-reactive ketones (excluding diaryl/α,β-unsaturated/α-hetero) is 1. The summed E-state index contributed by atoms with van der Waals surface area (Å²) in [6, 6.07) is 0. The van der Waals surface area contributed by atoms with Gasteiger partial charge >= 0.3 is 0 Å². The van der Waals surface area contributed by atoms with Gasteiger partial charge in [-0.25, -0.2) is 0 Å². The number of rotatable bonds is 7. The Morgan fingerprint density at radius 2 is 1.92 bits per heavy atom. The molecule has 2 aliphatic carbocycles. The van der Waals surface area contributed by atoms with Crippen molar-refractivity contribution in [1.29, 1.82) is 0 Å². The topological polar surface area (TPSA) is 46.5 Å². The molecule has 0 saturated heterocycles. The fourth-order valence-electron chi connectivity index (χ4n) is 5.19. The zero-order valence-corrected chi connectivity index (χ0v) is 18.2. The van der Waals surface area contributed by atoms with Crippen molar-refractivity contribution < 1.29 is 14.3 Å². The fourth-order valence-corrected chi connectivity index (χ4v) is 6.94. The molecular formula is C19H35ClO3Si. The van der Waals surface area contributed by atoms with Crippen LogP contribution in [-0.4, -0.2) is 36.3 Å². The maximum absolute atomic E-state index is 13.5. The van der Waals surface area contributed by atoms with Crippen molar-refractivity contribution >= 4 is 25.7 Å². The second-order valence-electron chi connectivity index (χ2n) is 9.66. The summed E-state index contributed by atoms with van der Waals surface area (Å²) >= 11 is 6.49. The maximum atomic E-state index is 13.5. The predicted octanol–water partition coefficient (Wildman–Crippen LogP) is 4.76. The molecule has 5 atom stereocenters. The van der Waals surface area contributed by atoms with Crippen molar-refractivity contribution in [1.82, 2.24) is 0 Å². The zero-order chi connectivity index (χ0) is 18.6. The van der Waals surface area contributed by atoms with Crippen LogP contribution in [0, 0.1) is 16.7 Å². The van der Waals surface area contributed by atoms with Gasteiger partial charge in [0.15, 0.2) is 14.1 Å². The van der Waals surface area contributed by atoms with Gasteiger partial charge in [0, 0.05) is 5.41 Å². The van der Waals surface area contributed by atoms with Crippen LogP contribution in [0.1, 0.15) is 59.8 Å². The number of halogens is 1. The summed E-state index contributed by atoms with van der Waals surface area (Å²) in [7, 11) is -1.96. The van der Waals surface area contributed by atoms with E-state index in [1.807, 2.05) is 6.92 Å². The van der Waals surface area contributed by atoms with Crippen molar-refractivity contribution in [2.75, 3.05) is 0 Å². The van der Waals surface area contributed by atoms with E-state index < -0.39 is 25.4 Å². The first kappa shape index (κ1) is 20.4. The van der Waals surface area contributed by atoms with Crippen LogP contribution in [0.15, 0.2) is 0 Å². The van der Waals surface area contributed by atoms with Crippen molar-refractivity contribution in [3.05, 3.63) is 0 Å². The normalized spacial score (nSPS) is 37.5. The number of alkyl halides is 1. The molecule has 0 aromatic rings. The number of aliphatic hydroxyl groups is 1.